The van der Waals surface area contributed by atoms with E-state index in [0.29, 0.717) is 0 Å². The Morgan fingerprint density at radius 1 is 0.621 bits per heavy atom. The molecule has 0 amide bonds. The van der Waals surface area contributed by atoms with Gasteiger partial charge in [0.05, 0.1) is 11.4 Å². The van der Waals surface area contributed by atoms with E-state index in [4.69, 9.17) is 4.98 Å². The molecule has 0 saturated carbocycles. The second-order valence-electron chi connectivity index (χ2n) is 6.14. The quantitative estimate of drug-likeness (QED) is 0.242. The molecule has 0 atom stereocenters. The van der Waals surface area contributed by atoms with Gasteiger partial charge in [0.15, 0.2) is 0 Å². The van der Waals surface area contributed by atoms with Crippen molar-refractivity contribution in [2.75, 3.05) is 0 Å². The van der Waals surface area contributed by atoms with E-state index < -0.39 is 0 Å². The van der Waals surface area contributed by atoms with Crippen LogP contribution in [-0.2, 0) is 21.1 Å². The number of aromatic nitrogens is 2. The minimum Gasteiger partial charge on any atom is -0.295 e. The van der Waals surface area contributed by atoms with Crippen molar-refractivity contribution in [2.24, 2.45) is 0 Å². The van der Waals surface area contributed by atoms with E-state index in [-0.39, 0.29) is 21.1 Å². The van der Waals surface area contributed by atoms with Gasteiger partial charge in [-0.2, -0.15) is 36.4 Å². The fraction of sp³-hybridized carbons (Fsp3) is 0. The first-order chi connectivity index (χ1) is 13.9. The molecule has 2 nitrogen and oxygen atoms in total. The molecule has 2 heterocycles. The zero-order valence-corrected chi connectivity index (χ0v) is 17.9. The largest absolute Gasteiger partial charge is 2.00 e. The van der Waals surface area contributed by atoms with Crippen molar-refractivity contribution in [1.29, 1.82) is 0 Å². The van der Waals surface area contributed by atoms with E-state index in [0.717, 1.165) is 28.0 Å². The fourth-order valence-corrected chi connectivity index (χ4v) is 2.93. The maximum absolute atomic E-state index is 4.77. The van der Waals surface area contributed by atoms with Gasteiger partial charge in [0.1, 0.15) is 0 Å². The summed E-state index contributed by atoms with van der Waals surface area (Å²) in [7, 11) is 0. The first kappa shape index (κ1) is 20.6. The molecular weight excluding hydrogens is 535 g/mol. The summed E-state index contributed by atoms with van der Waals surface area (Å²) in [6.45, 7) is 0. The zero-order valence-electron chi connectivity index (χ0n) is 15.6. The van der Waals surface area contributed by atoms with Crippen molar-refractivity contribution in [3.05, 3.63) is 121 Å². The molecule has 0 saturated heterocycles. The number of benzene rings is 3. The number of hydrogen-bond acceptors (Lipinski definition) is 2. The van der Waals surface area contributed by atoms with Crippen LogP contribution in [0.3, 0.4) is 0 Å². The zero-order chi connectivity index (χ0) is 19.0. The van der Waals surface area contributed by atoms with E-state index in [1.807, 2.05) is 97.2 Å². The molecule has 2 aromatic heterocycles. The molecule has 0 bridgehead atoms. The van der Waals surface area contributed by atoms with Crippen LogP contribution >= 0.6 is 0 Å². The van der Waals surface area contributed by atoms with E-state index in [9.17, 15) is 0 Å². The summed E-state index contributed by atoms with van der Waals surface area (Å²) in [5, 5.41) is 2.29. The van der Waals surface area contributed by atoms with Gasteiger partial charge in [-0.15, -0.1) is 35.9 Å². The van der Waals surface area contributed by atoms with Crippen LogP contribution in [0.4, 0.5) is 0 Å². The summed E-state index contributed by atoms with van der Waals surface area (Å²) < 4.78 is 0. The average Bonchev–Trinajstić information content (AvgIpc) is 2.81. The minimum atomic E-state index is 0. The van der Waals surface area contributed by atoms with Crippen LogP contribution < -0.4 is 0 Å². The Kier molecular flexibility index (Phi) is 7.44. The van der Waals surface area contributed by atoms with Crippen LogP contribution in [0.15, 0.2) is 109 Å². The van der Waals surface area contributed by atoms with Gasteiger partial charge in [0.2, 0.25) is 0 Å². The smallest absolute Gasteiger partial charge is 0.295 e. The van der Waals surface area contributed by atoms with Gasteiger partial charge in [0, 0.05) is 11.6 Å². The Morgan fingerprint density at radius 2 is 1.38 bits per heavy atom. The Morgan fingerprint density at radius 3 is 2.10 bits per heavy atom. The monoisotopic (exact) mass is 553 g/mol. The molecule has 3 aromatic carbocycles. The summed E-state index contributed by atoms with van der Waals surface area (Å²) in [6, 6.07) is 39.9. The van der Waals surface area contributed by atoms with Gasteiger partial charge in [-0.3, -0.25) is 9.97 Å². The van der Waals surface area contributed by atoms with Gasteiger partial charge in [0.25, 0.3) is 0 Å². The van der Waals surface area contributed by atoms with Crippen LogP contribution in [0.1, 0.15) is 0 Å². The molecule has 0 aliphatic carbocycles. The van der Waals surface area contributed by atoms with Crippen LogP contribution in [0.2, 0.25) is 0 Å². The normalized spacial score (nSPS) is 9.79. The third kappa shape index (κ3) is 5.25. The topological polar surface area (TPSA) is 25.8 Å². The van der Waals surface area contributed by atoms with Gasteiger partial charge in [-0.1, -0.05) is 36.4 Å². The number of rotatable bonds is 2. The van der Waals surface area contributed by atoms with E-state index in [2.05, 4.69) is 29.2 Å². The SMILES string of the molecule is [Pt+2].[c-]1ccccc1.[c-]1ccccc1-c1cccc(-c2nccc3ccccc23)n1. The van der Waals surface area contributed by atoms with Gasteiger partial charge < -0.3 is 0 Å². The molecule has 3 heteroatoms. The second-order valence-corrected chi connectivity index (χ2v) is 6.14. The molecule has 0 radical (unpaired) electrons. The van der Waals surface area contributed by atoms with Crippen molar-refractivity contribution in [2.45, 2.75) is 0 Å². The Bertz CT molecular complexity index is 1130. The Balaban J connectivity index is 0.000000297. The molecule has 0 unspecified atom stereocenters. The molecule has 0 N–H and O–H groups in total. The molecule has 5 aromatic rings. The van der Waals surface area contributed by atoms with Crippen LogP contribution in [-0.4, -0.2) is 9.97 Å². The summed E-state index contributed by atoms with van der Waals surface area (Å²) in [5.74, 6) is 0. The van der Waals surface area contributed by atoms with Crippen LogP contribution in [0, 0.1) is 12.1 Å². The molecule has 0 fully saturated rings. The summed E-state index contributed by atoms with van der Waals surface area (Å²) in [6.07, 6.45) is 1.83. The average molecular weight is 554 g/mol. The Labute approximate surface area is 185 Å². The van der Waals surface area contributed by atoms with Crippen molar-refractivity contribution in [3.8, 4) is 22.6 Å². The van der Waals surface area contributed by atoms with Crippen LogP contribution in [0.25, 0.3) is 33.4 Å². The molecule has 29 heavy (non-hydrogen) atoms. The predicted octanol–water partition coefficient (Wildman–Crippen LogP) is 6.25. The van der Waals surface area contributed by atoms with E-state index >= 15 is 0 Å². The molecule has 0 aliphatic rings. The maximum atomic E-state index is 4.77. The first-order valence-electron chi connectivity index (χ1n) is 9.11. The van der Waals surface area contributed by atoms with Gasteiger partial charge in [-0.25, -0.2) is 0 Å². The van der Waals surface area contributed by atoms with Crippen LogP contribution in [0.5, 0.6) is 0 Å². The number of hydrogen-bond donors (Lipinski definition) is 0. The third-order valence-corrected chi connectivity index (χ3v) is 4.26. The summed E-state index contributed by atoms with van der Waals surface area (Å²) >= 11 is 0. The molecular formula is C26H18N2Pt. The molecule has 0 aliphatic heterocycles. The van der Waals surface area contributed by atoms with E-state index in [1.165, 1.54) is 5.39 Å². The maximum Gasteiger partial charge on any atom is 2.00 e. The van der Waals surface area contributed by atoms with Crippen molar-refractivity contribution in [3.63, 3.8) is 0 Å². The van der Waals surface area contributed by atoms with Crippen molar-refractivity contribution >= 4 is 10.8 Å². The molecule has 0 spiro atoms. The number of pyridine rings is 2. The molecule has 5 rings (SSSR count). The predicted molar refractivity (Wildman–Crippen MR) is 115 cm³/mol. The second kappa shape index (κ2) is 10.5. The Hall–Kier alpha value is -3.09. The van der Waals surface area contributed by atoms with Crippen molar-refractivity contribution < 1.29 is 21.1 Å². The third-order valence-electron chi connectivity index (χ3n) is 4.26. The summed E-state index contributed by atoms with van der Waals surface area (Å²) in [4.78, 5) is 9.31. The molecule has 142 valence electrons. The standard InChI is InChI=1S/C20H13N2.C6H5.Pt/c1-2-8-16(9-3-1)18-11-6-12-19(22-18)20-17-10-5-4-7-15(17)13-14-21-20;1-2-4-6-5-3-1;/h1-8,10-14H;1-5H;/q2*-1;+2. The van der Waals surface area contributed by atoms with Crippen molar-refractivity contribution in [1.82, 2.24) is 9.97 Å². The first-order valence-corrected chi connectivity index (χ1v) is 9.11. The minimum absolute atomic E-state index is 0. The van der Waals surface area contributed by atoms with E-state index in [1.54, 1.807) is 0 Å². The fourth-order valence-electron chi connectivity index (χ4n) is 2.93. The number of fused-ring (bicyclic) bond motifs is 1. The number of nitrogens with zero attached hydrogens (tertiary/aromatic N) is 2. The van der Waals surface area contributed by atoms with Gasteiger partial charge in [-0.05, 0) is 23.2 Å². The summed E-state index contributed by atoms with van der Waals surface area (Å²) in [5.41, 5.74) is 3.69. The van der Waals surface area contributed by atoms with Gasteiger partial charge >= 0.3 is 21.1 Å².